The minimum absolute atomic E-state index is 0.0273. The van der Waals surface area contributed by atoms with E-state index in [4.69, 9.17) is 0 Å². The Bertz CT molecular complexity index is 671. The Hall–Kier alpha value is -2.61. The summed E-state index contributed by atoms with van der Waals surface area (Å²) < 4.78 is 0. The minimum atomic E-state index is 0.0273. The molecule has 2 heteroatoms. The van der Waals surface area contributed by atoms with Crippen LogP contribution in [0.3, 0.4) is 0 Å². The molecule has 0 fully saturated rings. The number of benzene rings is 2. The highest BCUT2D eigenvalue weighted by molar-refractivity contribution is 6.04. The summed E-state index contributed by atoms with van der Waals surface area (Å²) in [5, 5.41) is 3.26. The number of fused-ring (bicyclic) bond motifs is 1. The fourth-order valence-corrected chi connectivity index (χ4v) is 2.32. The predicted molar refractivity (Wildman–Crippen MR) is 81.3 cm³/mol. The van der Waals surface area contributed by atoms with Crippen LogP contribution in [0.2, 0.25) is 0 Å². The molecule has 3 rings (SSSR count). The van der Waals surface area contributed by atoms with Gasteiger partial charge in [-0.2, -0.15) is 0 Å². The van der Waals surface area contributed by atoms with Gasteiger partial charge >= 0.3 is 0 Å². The Morgan fingerprint density at radius 2 is 1.75 bits per heavy atom. The molecule has 2 nitrogen and oxygen atoms in total. The first-order chi connectivity index (χ1) is 9.84. The molecule has 0 amide bonds. The van der Waals surface area contributed by atoms with Gasteiger partial charge in [0, 0.05) is 5.56 Å². The van der Waals surface area contributed by atoms with E-state index in [1.807, 2.05) is 60.8 Å². The zero-order valence-corrected chi connectivity index (χ0v) is 11.0. The van der Waals surface area contributed by atoms with Gasteiger partial charge in [-0.25, -0.2) is 0 Å². The van der Waals surface area contributed by atoms with Crippen molar-refractivity contribution in [3.8, 4) is 0 Å². The number of rotatable bonds is 3. The van der Waals surface area contributed by atoms with Crippen LogP contribution in [0.25, 0.3) is 6.08 Å². The molecule has 0 radical (unpaired) electrons. The van der Waals surface area contributed by atoms with Crippen LogP contribution in [-0.2, 0) is 0 Å². The largest absolute Gasteiger partial charge is 0.381 e. The van der Waals surface area contributed by atoms with E-state index in [0.717, 1.165) is 0 Å². The van der Waals surface area contributed by atoms with E-state index in [2.05, 4.69) is 17.4 Å². The number of ketones is 1. The molecule has 98 valence electrons. The van der Waals surface area contributed by atoms with Gasteiger partial charge in [0.2, 0.25) is 0 Å². The molecule has 1 N–H and O–H groups in total. The Kier molecular flexibility index (Phi) is 3.46. The lowest BCUT2D eigenvalue weighted by Gasteiger charge is -2.20. The van der Waals surface area contributed by atoms with Crippen molar-refractivity contribution >= 4 is 11.9 Å². The quantitative estimate of drug-likeness (QED) is 0.673. The molecule has 1 atom stereocenters. The fraction of sp³-hybridized carbons (Fsp3) is 0.0556. The number of allylic oxidation sites excluding steroid dienone is 1. The molecule has 1 heterocycles. The van der Waals surface area contributed by atoms with Gasteiger partial charge in [-0.05, 0) is 29.5 Å². The molecule has 0 bridgehead atoms. The third-order valence-corrected chi connectivity index (χ3v) is 3.37. The second kappa shape index (κ2) is 5.57. The topological polar surface area (TPSA) is 29.1 Å². The Labute approximate surface area is 118 Å². The highest BCUT2D eigenvalue weighted by Crippen LogP contribution is 2.24. The maximum absolute atomic E-state index is 12.1. The number of nitrogens with one attached hydrogen (secondary N) is 1. The normalized spacial score (nSPS) is 16.7. The SMILES string of the molecule is O=C(/C=C\[C@@H]1NC=Cc2ccccc21)c1ccccc1. The zero-order valence-electron chi connectivity index (χ0n) is 11.0. The molecule has 2 aromatic carbocycles. The zero-order chi connectivity index (χ0) is 13.8. The second-order valence-corrected chi connectivity index (χ2v) is 4.70. The monoisotopic (exact) mass is 261 g/mol. The van der Waals surface area contributed by atoms with Gasteiger partial charge in [0.1, 0.15) is 0 Å². The first-order valence-electron chi connectivity index (χ1n) is 6.64. The number of hydrogen-bond donors (Lipinski definition) is 1. The van der Waals surface area contributed by atoms with Gasteiger partial charge in [-0.3, -0.25) is 4.79 Å². The first kappa shape index (κ1) is 12.4. The summed E-state index contributed by atoms with van der Waals surface area (Å²) in [5.74, 6) is 0.0273. The second-order valence-electron chi connectivity index (χ2n) is 4.70. The van der Waals surface area contributed by atoms with Crippen LogP contribution in [0.4, 0.5) is 0 Å². The van der Waals surface area contributed by atoms with Crippen molar-refractivity contribution in [3.05, 3.63) is 89.6 Å². The lowest BCUT2D eigenvalue weighted by atomic mass is 9.97. The summed E-state index contributed by atoms with van der Waals surface area (Å²) in [6.45, 7) is 0. The summed E-state index contributed by atoms with van der Waals surface area (Å²) in [6, 6.07) is 17.5. The summed E-state index contributed by atoms with van der Waals surface area (Å²) in [4.78, 5) is 12.1. The molecule has 20 heavy (non-hydrogen) atoms. The van der Waals surface area contributed by atoms with Crippen LogP contribution in [0, 0.1) is 0 Å². The van der Waals surface area contributed by atoms with Crippen molar-refractivity contribution in [1.82, 2.24) is 5.32 Å². The van der Waals surface area contributed by atoms with Crippen LogP contribution in [0.1, 0.15) is 27.5 Å². The Morgan fingerprint density at radius 3 is 2.60 bits per heavy atom. The average molecular weight is 261 g/mol. The predicted octanol–water partition coefficient (Wildman–Crippen LogP) is 3.74. The van der Waals surface area contributed by atoms with Crippen molar-refractivity contribution in [2.24, 2.45) is 0 Å². The summed E-state index contributed by atoms with van der Waals surface area (Å²) in [5.41, 5.74) is 3.09. The third-order valence-electron chi connectivity index (χ3n) is 3.37. The van der Waals surface area contributed by atoms with E-state index in [-0.39, 0.29) is 11.8 Å². The van der Waals surface area contributed by atoms with Crippen LogP contribution in [-0.4, -0.2) is 5.78 Å². The van der Waals surface area contributed by atoms with Crippen molar-refractivity contribution in [3.63, 3.8) is 0 Å². The molecule has 0 saturated carbocycles. The lowest BCUT2D eigenvalue weighted by molar-refractivity contribution is 0.104. The van der Waals surface area contributed by atoms with Gasteiger partial charge in [-0.15, -0.1) is 0 Å². The lowest BCUT2D eigenvalue weighted by Crippen LogP contribution is -2.17. The summed E-state index contributed by atoms with van der Waals surface area (Å²) >= 11 is 0. The van der Waals surface area contributed by atoms with E-state index in [9.17, 15) is 4.79 Å². The molecule has 2 aromatic rings. The Morgan fingerprint density at radius 1 is 1.00 bits per heavy atom. The standard InChI is InChI=1S/C18H15NO/c20-18(15-7-2-1-3-8-15)11-10-17-16-9-5-4-6-14(16)12-13-19-17/h1-13,17,19H/b11-10-/t17-/m0/s1. The smallest absolute Gasteiger partial charge is 0.185 e. The van der Waals surface area contributed by atoms with Crippen molar-refractivity contribution in [2.75, 3.05) is 0 Å². The summed E-state index contributed by atoms with van der Waals surface area (Å²) in [6.07, 6.45) is 7.52. The number of carbonyl (C=O) groups excluding carboxylic acids is 1. The maximum Gasteiger partial charge on any atom is 0.185 e. The average Bonchev–Trinajstić information content (AvgIpc) is 2.53. The molecule has 0 aliphatic carbocycles. The van der Waals surface area contributed by atoms with Gasteiger partial charge in [0.05, 0.1) is 6.04 Å². The molecule has 0 aromatic heterocycles. The van der Waals surface area contributed by atoms with Gasteiger partial charge in [-0.1, -0.05) is 60.7 Å². The van der Waals surface area contributed by atoms with Crippen molar-refractivity contribution in [1.29, 1.82) is 0 Å². The third kappa shape index (κ3) is 2.54. The van der Waals surface area contributed by atoms with Crippen LogP contribution >= 0.6 is 0 Å². The van der Waals surface area contributed by atoms with E-state index >= 15 is 0 Å². The first-order valence-corrected chi connectivity index (χ1v) is 6.64. The van der Waals surface area contributed by atoms with E-state index in [1.165, 1.54) is 11.1 Å². The number of hydrogen-bond acceptors (Lipinski definition) is 2. The van der Waals surface area contributed by atoms with E-state index in [1.54, 1.807) is 6.08 Å². The van der Waals surface area contributed by atoms with E-state index in [0.29, 0.717) is 5.56 Å². The van der Waals surface area contributed by atoms with Crippen LogP contribution < -0.4 is 5.32 Å². The number of carbonyl (C=O) groups is 1. The van der Waals surface area contributed by atoms with Crippen LogP contribution in [0.5, 0.6) is 0 Å². The van der Waals surface area contributed by atoms with E-state index < -0.39 is 0 Å². The molecule has 1 aliphatic heterocycles. The fourth-order valence-electron chi connectivity index (χ4n) is 2.32. The minimum Gasteiger partial charge on any atom is -0.381 e. The highest BCUT2D eigenvalue weighted by atomic mass is 16.1. The van der Waals surface area contributed by atoms with Crippen LogP contribution in [0.15, 0.2) is 72.9 Å². The molecule has 0 unspecified atom stereocenters. The molecular formula is C18H15NO. The molecular weight excluding hydrogens is 246 g/mol. The van der Waals surface area contributed by atoms with Gasteiger partial charge in [0.15, 0.2) is 5.78 Å². The Balaban J connectivity index is 1.80. The molecule has 0 spiro atoms. The molecule has 1 aliphatic rings. The highest BCUT2D eigenvalue weighted by Gasteiger charge is 2.13. The molecule has 0 saturated heterocycles. The van der Waals surface area contributed by atoms with Crippen molar-refractivity contribution < 1.29 is 4.79 Å². The maximum atomic E-state index is 12.1. The van der Waals surface area contributed by atoms with Gasteiger partial charge in [0.25, 0.3) is 0 Å². The van der Waals surface area contributed by atoms with Gasteiger partial charge < -0.3 is 5.32 Å². The van der Waals surface area contributed by atoms with Crippen molar-refractivity contribution in [2.45, 2.75) is 6.04 Å². The summed E-state index contributed by atoms with van der Waals surface area (Å²) in [7, 11) is 0.